The molecule has 2 N–H and O–H groups in total. The average molecular weight is 333 g/mol. The lowest BCUT2D eigenvalue weighted by Gasteiger charge is -2.37. The van der Waals surface area contributed by atoms with E-state index in [0.717, 1.165) is 57.8 Å². The predicted octanol–water partition coefficient (Wildman–Crippen LogP) is 3.40. The van der Waals surface area contributed by atoms with Gasteiger partial charge in [-0.15, -0.1) is 0 Å². The number of fused-ring (bicyclic) bond motifs is 1. The molecule has 0 amide bonds. The van der Waals surface area contributed by atoms with E-state index in [1.165, 1.54) is 11.1 Å². The zero-order valence-electron chi connectivity index (χ0n) is 15.0. The zero-order valence-corrected chi connectivity index (χ0v) is 15.0. The lowest BCUT2D eigenvalue weighted by molar-refractivity contribution is -0.0166. The molecule has 2 heterocycles. The van der Waals surface area contributed by atoms with Gasteiger partial charge in [0.05, 0.1) is 13.2 Å². The van der Waals surface area contributed by atoms with Gasteiger partial charge in [0.15, 0.2) is 0 Å². The van der Waals surface area contributed by atoms with Crippen LogP contribution in [0.15, 0.2) is 18.2 Å². The molecule has 1 atom stereocenters. The van der Waals surface area contributed by atoms with Crippen LogP contribution >= 0.6 is 0 Å². The monoisotopic (exact) mass is 333 g/mol. The molecule has 2 aliphatic rings. The van der Waals surface area contributed by atoms with Crippen molar-refractivity contribution in [3.05, 3.63) is 29.3 Å². The molecule has 4 heteroatoms. The van der Waals surface area contributed by atoms with E-state index in [4.69, 9.17) is 9.47 Å². The molecule has 0 radical (unpaired) electrons. The molecule has 1 aromatic carbocycles. The highest BCUT2D eigenvalue weighted by molar-refractivity contribution is 5.41. The smallest absolute Gasteiger partial charge is 0.124 e. The van der Waals surface area contributed by atoms with Gasteiger partial charge in [0.2, 0.25) is 0 Å². The molecule has 0 aliphatic carbocycles. The van der Waals surface area contributed by atoms with Crippen LogP contribution in [0.1, 0.15) is 62.6 Å². The van der Waals surface area contributed by atoms with Gasteiger partial charge in [0, 0.05) is 36.8 Å². The van der Waals surface area contributed by atoms with Crippen LogP contribution in [0.3, 0.4) is 0 Å². The summed E-state index contributed by atoms with van der Waals surface area (Å²) in [5.41, 5.74) is 2.59. The van der Waals surface area contributed by atoms with Gasteiger partial charge in [-0.1, -0.05) is 26.0 Å². The molecule has 24 heavy (non-hydrogen) atoms. The second kappa shape index (κ2) is 7.85. The summed E-state index contributed by atoms with van der Waals surface area (Å²) in [6.07, 6.45) is 3.99. The number of aliphatic hydroxyl groups is 1. The normalized spacial score (nSPS) is 23.4. The summed E-state index contributed by atoms with van der Waals surface area (Å²) in [4.78, 5) is 0. The van der Waals surface area contributed by atoms with Crippen molar-refractivity contribution in [1.29, 1.82) is 0 Å². The van der Waals surface area contributed by atoms with Gasteiger partial charge in [-0.05, 0) is 43.2 Å². The molecule has 0 saturated carbocycles. The lowest BCUT2D eigenvalue weighted by atomic mass is 9.80. The Labute approximate surface area is 145 Å². The fraction of sp³-hybridized carbons (Fsp3) is 0.700. The second-order valence-corrected chi connectivity index (χ2v) is 7.65. The third kappa shape index (κ3) is 3.93. The van der Waals surface area contributed by atoms with Gasteiger partial charge in [-0.3, -0.25) is 0 Å². The number of ether oxygens (including phenoxy) is 2. The molecule has 1 aromatic rings. The van der Waals surface area contributed by atoms with Crippen molar-refractivity contribution >= 4 is 0 Å². The summed E-state index contributed by atoms with van der Waals surface area (Å²) in [7, 11) is 0. The minimum absolute atomic E-state index is 0.0404. The van der Waals surface area contributed by atoms with Crippen LogP contribution in [0.2, 0.25) is 0 Å². The number of aliphatic hydroxyl groups excluding tert-OH is 1. The Morgan fingerprint density at radius 3 is 2.75 bits per heavy atom. The van der Waals surface area contributed by atoms with Gasteiger partial charge < -0.3 is 19.9 Å². The van der Waals surface area contributed by atoms with E-state index in [1.807, 2.05) is 0 Å². The lowest BCUT2D eigenvalue weighted by Crippen LogP contribution is -2.43. The first-order chi connectivity index (χ1) is 11.6. The molecule has 3 rings (SSSR count). The largest absolute Gasteiger partial charge is 0.493 e. The van der Waals surface area contributed by atoms with Crippen molar-refractivity contribution in [3.63, 3.8) is 0 Å². The molecule has 0 aromatic heterocycles. The number of benzene rings is 1. The highest BCUT2D eigenvalue weighted by Crippen LogP contribution is 2.36. The summed E-state index contributed by atoms with van der Waals surface area (Å²) in [6, 6.07) is 6.91. The molecule has 0 bridgehead atoms. The van der Waals surface area contributed by atoms with Crippen molar-refractivity contribution in [1.82, 2.24) is 5.32 Å². The molecular formula is C20H31NO3. The van der Waals surface area contributed by atoms with Gasteiger partial charge >= 0.3 is 0 Å². The molecule has 1 fully saturated rings. The Bertz CT molecular complexity index is 538. The topological polar surface area (TPSA) is 50.7 Å². The van der Waals surface area contributed by atoms with E-state index in [1.54, 1.807) is 0 Å². The van der Waals surface area contributed by atoms with Crippen LogP contribution in [-0.2, 0) is 4.74 Å². The fourth-order valence-electron chi connectivity index (χ4n) is 3.70. The Balaban J connectivity index is 1.77. The van der Waals surface area contributed by atoms with Crippen LogP contribution in [0.4, 0.5) is 0 Å². The summed E-state index contributed by atoms with van der Waals surface area (Å²) in [5.74, 6) is 1.53. The summed E-state index contributed by atoms with van der Waals surface area (Å²) in [6.45, 7) is 7.81. The van der Waals surface area contributed by atoms with Gasteiger partial charge in [0.25, 0.3) is 0 Å². The van der Waals surface area contributed by atoms with Crippen LogP contribution in [-0.4, -0.2) is 38.1 Å². The van der Waals surface area contributed by atoms with E-state index in [9.17, 15) is 5.11 Å². The van der Waals surface area contributed by atoms with Crippen molar-refractivity contribution in [3.8, 4) is 5.75 Å². The quantitative estimate of drug-likeness (QED) is 0.867. The second-order valence-electron chi connectivity index (χ2n) is 7.65. The first-order valence-corrected chi connectivity index (χ1v) is 9.32. The van der Waals surface area contributed by atoms with E-state index in [2.05, 4.69) is 37.4 Å². The SMILES string of the molecule is CC(C)c1ccc2c(c1)C(NCC1(CO)CCOCC1)CCCO2. The van der Waals surface area contributed by atoms with Gasteiger partial charge in [-0.25, -0.2) is 0 Å². The molecule has 2 aliphatic heterocycles. The molecule has 1 unspecified atom stereocenters. The maximum Gasteiger partial charge on any atom is 0.124 e. The maximum absolute atomic E-state index is 9.92. The Morgan fingerprint density at radius 1 is 1.25 bits per heavy atom. The average Bonchev–Trinajstić information content (AvgIpc) is 2.82. The molecule has 134 valence electrons. The highest BCUT2D eigenvalue weighted by Gasteiger charge is 2.33. The van der Waals surface area contributed by atoms with Crippen molar-refractivity contribution < 1.29 is 14.6 Å². The number of hydrogen-bond donors (Lipinski definition) is 2. The van der Waals surface area contributed by atoms with E-state index >= 15 is 0 Å². The Kier molecular flexibility index (Phi) is 5.80. The van der Waals surface area contributed by atoms with Crippen LogP contribution in [0.25, 0.3) is 0 Å². The van der Waals surface area contributed by atoms with E-state index < -0.39 is 0 Å². The first kappa shape index (κ1) is 17.7. The minimum Gasteiger partial charge on any atom is -0.493 e. The van der Waals surface area contributed by atoms with Crippen LogP contribution in [0, 0.1) is 5.41 Å². The van der Waals surface area contributed by atoms with E-state index in [0.29, 0.717) is 12.0 Å². The minimum atomic E-state index is -0.0404. The molecule has 1 saturated heterocycles. The molecule has 0 spiro atoms. The maximum atomic E-state index is 9.92. The predicted molar refractivity (Wildman–Crippen MR) is 95.6 cm³/mol. The van der Waals surface area contributed by atoms with Crippen molar-refractivity contribution in [2.45, 2.75) is 51.5 Å². The first-order valence-electron chi connectivity index (χ1n) is 9.32. The van der Waals surface area contributed by atoms with E-state index in [-0.39, 0.29) is 12.0 Å². The number of rotatable bonds is 5. The van der Waals surface area contributed by atoms with Crippen LogP contribution < -0.4 is 10.1 Å². The third-order valence-electron chi connectivity index (χ3n) is 5.58. The standard InChI is InChI=1S/C20H31NO3/c1-15(2)16-5-6-19-17(12-16)18(4-3-9-24-19)21-13-20(14-22)7-10-23-11-8-20/h5-6,12,15,18,21-22H,3-4,7-11,13-14H2,1-2H3. The van der Waals surface area contributed by atoms with Crippen molar-refractivity contribution in [2.75, 3.05) is 33.0 Å². The Hall–Kier alpha value is -1.10. The number of nitrogens with one attached hydrogen (secondary N) is 1. The molecular weight excluding hydrogens is 302 g/mol. The summed E-state index contributed by atoms with van der Waals surface area (Å²) in [5, 5.41) is 13.7. The summed E-state index contributed by atoms with van der Waals surface area (Å²) < 4.78 is 11.4. The molecule has 4 nitrogen and oxygen atoms in total. The zero-order chi connectivity index (χ0) is 17.0. The van der Waals surface area contributed by atoms with Crippen molar-refractivity contribution in [2.24, 2.45) is 5.41 Å². The highest BCUT2D eigenvalue weighted by atomic mass is 16.5. The Morgan fingerprint density at radius 2 is 2.04 bits per heavy atom. The van der Waals surface area contributed by atoms with Crippen LogP contribution in [0.5, 0.6) is 5.75 Å². The van der Waals surface area contributed by atoms with Gasteiger partial charge in [0.1, 0.15) is 5.75 Å². The summed E-state index contributed by atoms with van der Waals surface area (Å²) >= 11 is 0. The van der Waals surface area contributed by atoms with Gasteiger partial charge in [-0.2, -0.15) is 0 Å². The third-order valence-corrected chi connectivity index (χ3v) is 5.58. The fourth-order valence-corrected chi connectivity index (χ4v) is 3.70. The number of hydrogen-bond acceptors (Lipinski definition) is 4.